The predicted octanol–water partition coefficient (Wildman–Crippen LogP) is 5.30. The Balaban J connectivity index is 0.000000186. The summed E-state index contributed by atoms with van der Waals surface area (Å²) in [6.07, 6.45) is 5.95. The van der Waals surface area contributed by atoms with Crippen LogP contribution in [0.5, 0.6) is 0 Å². The van der Waals surface area contributed by atoms with Crippen molar-refractivity contribution >= 4 is 22.8 Å². The summed E-state index contributed by atoms with van der Waals surface area (Å²) >= 11 is 0. The Morgan fingerprint density at radius 3 is 2.56 bits per heavy atom. The topological polar surface area (TPSA) is 69.7 Å². The second kappa shape index (κ2) is 9.67. The van der Waals surface area contributed by atoms with Gasteiger partial charge in [-0.1, -0.05) is 19.2 Å². The molecule has 0 unspecified atom stereocenters. The van der Waals surface area contributed by atoms with Crippen molar-refractivity contribution in [3.8, 4) is 0 Å². The lowest BCUT2D eigenvalue weighted by atomic mass is 10.2. The van der Waals surface area contributed by atoms with Gasteiger partial charge in [0.1, 0.15) is 11.6 Å². The van der Waals surface area contributed by atoms with Gasteiger partial charge in [0.2, 0.25) is 0 Å². The number of rotatable bonds is 5. The quantitative estimate of drug-likeness (QED) is 0.562. The highest BCUT2D eigenvalue weighted by atomic mass is 19.3. The van der Waals surface area contributed by atoms with Crippen LogP contribution in [-0.4, -0.2) is 39.2 Å². The SMILES string of the molecule is C=C(Nc1cn[nH]c1C(=C)C)c1cncc(F)c1.Cc1ccc(N2CCC(F)(F)C2)nc1. The molecule has 0 spiro atoms. The van der Waals surface area contributed by atoms with Gasteiger partial charge >= 0.3 is 0 Å². The summed E-state index contributed by atoms with van der Waals surface area (Å²) in [6, 6.07) is 5.04. The number of alkyl halides is 2. The molecule has 0 atom stereocenters. The maximum Gasteiger partial charge on any atom is 0.266 e. The number of aromatic amines is 1. The highest BCUT2D eigenvalue weighted by molar-refractivity contribution is 5.80. The molecule has 0 radical (unpaired) electrons. The molecule has 4 rings (SSSR count). The summed E-state index contributed by atoms with van der Waals surface area (Å²) in [5.74, 6) is -2.30. The van der Waals surface area contributed by atoms with E-state index in [1.807, 2.05) is 19.9 Å². The summed E-state index contributed by atoms with van der Waals surface area (Å²) < 4.78 is 38.8. The molecule has 3 aromatic heterocycles. The second-order valence-electron chi connectivity index (χ2n) is 7.66. The van der Waals surface area contributed by atoms with E-state index in [4.69, 9.17) is 0 Å². The van der Waals surface area contributed by atoms with Crippen molar-refractivity contribution in [3.05, 3.63) is 78.8 Å². The van der Waals surface area contributed by atoms with Gasteiger partial charge in [-0.15, -0.1) is 0 Å². The number of halogens is 3. The Labute approximate surface area is 184 Å². The average Bonchev–Trinajstić information content (AvgIpc) is 3.35. The summed E-state index contributed by atoms with van der Waals surface area (Å²) in [5, 5.41) is 9.82. The first-order valence-electron chi connectivity index (χ1n) is 9.96. The first-order chi connectivity index (χ1) is 15.1. The van der Waals surface area contributed by atoms with Crippen molar-refractivity contribution in [2.75, 3.05) is 23.3 Å². The smallest absolute Gasteiger partial charge is 0.266 e. The van der Waals surface area contributed by atoms with Crippen molar-refractivity contribution in [2.24, 2.45) is 0 Å². The van der Waals surface area contributed by atoms with Crippen LogP contribution in [-0.2, 0) is 0 Å². The fourth-order valence-corrected chi connectivity index (χ4v) is 3.10. The summed E-state index contributed by atoms with van der Waals surface area (Å²) in [7, 11) is 0. The van der Waals surface area contributed by atoms with Gasteiger partial charge in [0.05, 0.1) is 30.3 Å². The zero-order valence-corrected chi connectivity index (χ0v) is 18.0. The van der Waals surface area contributed by atoms with E-state index in [1.54, 1.807) is 29.6 Å². The molecule has 9 heteroatoms. The van der Waals surface area contributed by atoms with Crippen LogP contribution in [0.25, 0.3) is 11.3 Å². The molecule has 0 amide bonds. The van der Waals surface area contributed by atoms with Gasteiger partial charge in [0, 0.05) is 36.6 Å². The minimum atomic E-state index is -2.55. The lowest BCUT2D eigenvalue weighted by molar-refractivity contribution is 0.0256. The number of pyridine rings is 2. The highest BCUT2D eigenvalue weighted by Gasteiger charge is 2.38. The number of anilines is 2. The Morgan fingerprint density at radius 1 is 1.19 bits per heavy atom. The molecule has 6 nitrogen and oxygen atoms in total. The molecule has 4 heterocycles. The average molecular weight is 442 g/mol. The maximum atomic E-state index is 13.0. The molecule has 0 aliphatic carbocycles. The van der Waals surface area contributed by atoms with E-state index in [2.05, 4.69) is 38.6 Å². The van der Waals surface area contributed by atoms with E-state index in [-0.39, 0.29) is 13.0 Å². The minimum absolute atomic E-state index is 0.0669. The molecule has 1 saturated heterocycles. The summed E-state index contributed by atoms with van der Waals surface area (Å²) in [5.41, 5.74) is 4.56. The third-order valence-corrected chi connectivity index (χ3v) is 4.79. The molecule has 1 fully saturated rings. The predicted molar refractivity (Wildman–Crippen MR) is 121 cm³/mol. The first kappa shape index (κ1) is 23.1. The molecule has 0 bridgehead atoms. The van der Waals surface area contributed by atoms with Crippen LogP contribution in [0.1, 0.15) is 30.2 Å². The van der Waals surface area contributed by atoms with Gasteiger partial charge in [0.15, 0.2) is 0 Å². The van der Waals surface area contributed by atoms with Crippen LogP contribution < -0.4 is 10.2 Å². The zero-order chi connectivity index (χ0) is 23.3. The zero-order valence-electron chi connectivity index (χ0n) is 18.0. The van der Waals surface area contributed by atoms with Gasteiger partial charge in [-0.25, -0.2) is 18.2 Å². The number of nitrogens with zero attached hydrogens (tertiary/aromatic N) is 4. The molecule has 2 N–H and O–H groups in total. The normalized spacial score (nSPS) is 14.5. The Morgan fingerprint density at radius 2 is 1.97 bits per heavy atom. The number of aryl methyl sites for hydroxylation is 1. The van der Waals surface area contributed by atoms with Crippen LogP contribution >= 0.6 is 0 Å². The Hall–Kier alpha value is -3.62. The second-order valence-corrected chi connectivity index (χ2v) is 7.66. The fourth-order valence-electron chi connectivity index (χ4n) is 3.10. The number of hydrogen-bond donors (Lipinski definition) is 2. The van der Waals surface area contributed by atoms with Gasteiger partial charge in [-0.05, 0) is 37.1 Å². The van der Waals surface area contributed by atoms with E-state index in [9.17, 15) is 13.2 Å². The van der Waals surface area contributed by atoms with Gasteiger partial charge in [-0.3, -0.25) is 10.1 Å². The van der Waals surface area contributed by atoms with Gasteiger partial charge in [0.25, 0.3) is 5.92 Å². The largest absolute Gasteiger partial charge is 0.352 e. The van der Waals surface area contributed by atoms with Gasteiger partial charge in [-0.2, -0.15) is 5.10 Å². The maximum absolute atomic E-state index is 13.0. The number of nitrogens with one attached hydrogen (secondary N) is 2. The van der Waals surface area contributed by atoms with E-state index in [0.29, 0.717) is 23.6 Å². The van der Waals surface area contributed by atoms with Crippen molar-refractivity contribution in [3.63, 3.8) is 0 Å². The Bertz CT molecular complexity index is 1090. The van der Waals surface area contributed by atoms with E-state index >= 15 is 0 Å². The fraction of sp³-hybridized carbons (Fsp3) is 0.261. The third kappa shape index (κ3) is 5.96. The Kier molecular flexibility index (Phi) is 6.97. The lowest BCUT2D eigenvalue weighted by Gasteiger charge is -2.16. The molecule has 0 aromatic carbocycles. The lowest BCUT2D eigenvalue weighted by Crippen LogP contribution is -2.25. The summed E-state index contributed by atoms with van der Waals surface area (Å²) in [6.45, 7) is 11.7. The third-order valence-electron chi connectivity index (χ3n) is 4.79. The van der Waals surface area contributed by atoms with E-state index in [1.165, 1.54) is 6.07 Å². The van der Waals surface area contributed by atoms with Crippen LogP contribution in [0.2, 0.25) is 0 Å². The van der Waals surface area contributed by atoms with E-state index in [0.717, 1.165) is 28.7 Å². The monoisotopic (exact) mass is 442 g/mol. The standard InChI is InChI=1S/C13H13FN4.C10H12F2N2/c1-8(2)13-12(7-16-18-13)17-9(3)10-4-11(14)6-15-5-10;1-8-2-3-9(13-6-8)14-5-4-10(11,12)7-14/h4-7,17H,1,3H2,2H3,(H,16,18);2-3,6H,4-5,7H2,1H3. The van der Waals surface area contributed by atoms with Crippen LogP contribution in [0.3, 0.4) is 0 Å². The van der Waals surface area contributed by atoms with Gasteiger partial charge < -0.3 is 10.2 Å². The molecule has 0 saturated carbocycles. The molecular weight excluding hydrogens is 417 g/mol. The van der Waals surface area contributed by atoms with Crippen molar-refractivity contribution in [1.29, 1.82) is 0 Å². The van der Waals surface area contributed by atoms with E-state index < -0.39 is 11.7 Å². The number of aromatic nitrogens is 4. The van der Waals surface area contributed by atoms with Crippen LogP contribution in [0.4, 0.5) is 24.7 Å². The molecule has 1 aliphatic heterocycles. The van der Waals surface area contributed by atoms with Crippen molar-refractivity contribution in [1.82, 2.24) is 20.2 Å². The van der Waals surface area contributed by atoms with Crippen molar-refractivity contribution in [2.45, 2.75) is 26.2 Å². The highest BCUT2D eigenvalue weighted by Crippen LogP contribution is 2.29. The minimum Gasteiger partial charge on any atom is -0.352 e. The summed E-state index contributed by atoms with van der Waals surface area (Å²) in [4.78, 5) is 9.52. The molecule has 1 aliphatic rings. The molecule has 32 heavy (non-hydrogen) atoms. The van der Waals surface area contributed by atoms with Crippen LogP contribution in [0, 0.1) is 12.7 Å². The van der Waals surface area contributed by atoms with Crippen LogP contribution in [0.15, 0.2) is 56.1 Å². The number of allylic oxidation sites excluding steroid dienone is 1. The molecule has 168 valence electrons. The molecule has 3 aromatic rings. The number of H-pyrrole nitrogens is 1. The first-order valence-corrected chi connectivity index (χ1v) is 9.96. The molecular formula is C23H25F3N6. The number of hydrogen-bond acceptors (Lipinski definition) is 5. The van der Waals surface area contributed by atoms with Crippen molar-refractivity contribution < 1.29 is 13.2 Å².